The highest BCUT2D eigenvalue weighted by atomic mass is 32.2. The molecule has 1 aliphatic rings. The minimum atomic E-state index is -3.87. The highest BCUT2D eigenvalue weighted by molar-refractivity contribution is 7.89. The van der Waals surface area contributed by atoms with E-state index in [1.807, 2.05) is 4.90 Å². The van der Waals surface area contributed by atoms with Crippen molar-refractivity contribution in [2.75, 3.05) is 32.7 Å². The van der Waals surface area contributed by atoms with E-state index in [0.717, 1.165) is 32.0 Å². The first-order chi connectivity index (χ1) is 11.8. The summed E-state index contributed by atoms with van der Waals surface area (Å²) in [5.41, 5.74) is 0.139. The third kappa shape index (κ3) is 5.48. The van der Waals surface area contributed by atoms with Crippen LogP contribution in [0.2, 0.25) is 0 Å². The van der Waals surface area contributed by atoms with Gasteiger partial charge in [0.1, 0.15) is 0 Å². The second-order valence-electron chi connectivity index (χ2n) is 5.94. The van der Waals surface area contributed by atoms with Crippen LogP contribution in [0, 0.1) is 17.0 Å². The van der Waals surface area contributed by atoms with Gasteiger partial charge in [0.05, 0.1) is 16.4 Å². The average Bonchev–Trinajstić information content (AvgIpc) is 3.04. The summed E-state index contributed by atoms with van der Waals surface area (Å²) >= 11 is 0. The highest BCUT2D eigenvalue weighted by Crippen LogP contribution is 2.21. The molecule has 25 heavy (non-hydrogen) atoms. The lowest BCUT2D eigenvalue weighted by atomic mass is 10.2. The fraction of sp³-hybridized carbons (Fsp3) is 0.533. The number of rotatable bonds is 8. The molecule has 0 aliphatic carbocycles. The second-order valence-corrected chi connectivity index (χ2v) is 7.70. The molecule has 9 nitrogen and oxygen atoms in total. The van der Waals surface area contributed by atoms with E-state index in [4.69, 9.17) is 0 Å². The number of amides is 1. The van der Waals surface area contributed by atoms with E-state index in [9.17, 15) is 23.3 Å². The van der Waals surface area contributed by atoms with Gasteiger partial charge in [-0.2, -0.15) is 0 Å². The molecule has 2 rings (SSSR count). The monoisotopic (exact) mass is 370 g/mol. The van der Waals surface area contributed by atoms with Gasteiger partial charge in [0.2, 0.25) is 15.9 Å². The molecule has 1 aromatic carbocycles. The van der Waals surface area contributed by atoms with Crippen molar-refractivity contribution < 1.29 is 18.1 Å². The van der Waals surface area contributed by atoms with Crippen LogP contribution in [-0.4, -0.2) is 56.9 Å². The van der Waals surface area contributed by atoms with Crippen molar-refractivity contribution in [1.82, 2.24) is 14.9 Å². The molecule has 2 N–H and O–H groups in total. The smallest absolute Gasteiger partial charge is 0.273 e. The van der Waals surface area contributed by atoms with Crippen molar-refractivity contribution >= 4 is 21.6 Å². The van der Waals surface area contributed by atoms with Gasteiger partial charge >= 0.3 is 0 Å². The predicted octanol–water partition coefficient (Wildman–Crippen LogP) is 0.394. The Kier molecular flexibility index (Phi) is 6.45. The van der Waals surface area contributed by atoms with Gasteiger partial charge in [-0.1, -0.05) is 6.07 Å². The van der Waals surface area contributed by atoms with Crippen LogP contribution in [0.3, 0.4) is 0 Å². The standard InChI is InChI=1S/C15H22N4O5S/c1-12-4-5-13(10-14(12)19(21)22)25(23,24)17-7-6-16-15(20)11-18-8-2-3-9-18/h4-5,10,17H,2-3,6-9,11H2,1H3,(H,16,20). The number of carbonyl (C=O) groups is 1. The van der Waals surface area contributed by atoms with Gasteiger partial charge in [-0.25, -0.2) is 13.1 Å². The zero-order valence-corrected chi connectivity index (χ0v) is 14.8. The molecule has 0 unspecified atom stereocenters. The molecule has 138 valence electrons. The van der Waals surface area contributed by atoms with Gasteiger partial charge in [0.15, 0.2) is 0 Å². The molecule has 1 aliphatic heterocycles. The minimum Gasteiger partial charge on any atom is -0.354 e. The first-order valence-corrected chi connectivity index (χ1v) is 9.52. The lowest BCUT2D eigenvalue weighted by Crippen LogP contribution is -2.39. The molecule has 1 amide bonds. The summed E-state index contributed by atoms with van der Waals surface area (Å²) in [5, 5.41) is 13.6. The Morgan fingerprint density at radius 3 is 2.60 bits per heavy atom. The SMILES string of the molecule is Cc1ccc(S(=O)(=O)NCCNC(=O)CN2CCCC2)cc1[N+](=O)[O-]. The van der Waals surface area contributed by atoms with Gasteiger partial charge in [-0.05, 0) is 38.9 Å². The maximum absolute atomic E-state index is 12.2. The van der Waals surface area contributed by atoms with E-state index in [2.05, 4.69) is 10.0 Å². The lowest BCUT2D eigenvalue weighted by Gasteiger charge is -2.14. The molecule has 0 aromatic heterocycles. The summed E-state index contributed by atoms with van der Waals surface area (Å²) in [6.07, 6.45) is 2.19. The second kappa shape index (κ2) is 8.37. The van der Waals surface area contributed by atoms with Crippen LogP contribution in [0.5, 0.6) is 0 Å². The van der Waals surface area contributed by atoms with E-state index in [1.165, 1.54) is 19.1 Å². The Bertz CT molecular complexity index is 744. The fourth-order valence-corrected chi connectivity index (χ4v) is 3.67. The maximum atomic E-state index is 12.2. The average molecular weight is 370 g/mol. The molecular weight excluding hydrogens is 348 g/mol. The van der Waals surface area contributed by atoms with Crippen molar-refractivity contribution in [2.45, 2.75) is 24.7 Å². The van der Waals surface area contributed by atoms with Crippen molar-refractivity contribution in [3.63, 3.8) is 0 Å². The number of hydrogen-bond acceptors (Lipinski definition) is 6. The Balaban J connectivity index is 1.84. The molecule has 0 atom stereocenters. The summed E-state index contributed by atoms with van der Waals surface area (Å²) in [6, 6.07) is 3.74. The van der Waals surface area contributed by atoms with Gasteiger partial charge in [0, 0.05) is 24.7 Å². The lowest BCUT2D eigenvalue weighted by molar-refractivity contribution is -0.385. The maximum Gasteiger partial charge on any atom is 0.273 e. The molecule has 0 saturated carbocycles. The summed E-state index contributed by atoms with van der Waals surface area (Å²) in [5.74, 6) is -0.146. The molecule has 0 spiro atoms. The number of aryl methyl sites for hydroxylation is 1. The predicted molar refractivity (Wildman–Crippen MR) is 91.7 cm³/mol. The van der Waals surface area contributed by atoms with E-state index < -0.39 is 14.9 Å². The molecule has 0 radical (unpaired) electrons. The molecule has 1 saturated heterocycles. The number of likely N-dealkylation sites (tertiary alicyclic amines) is 1. The first kappa shape index (κ1) is 19.3. The van der Waals surface area contributed by atoms with E-state index >= 15 is 0 Å². The third-order valence-corrected chi connectivity index (χ3v) is 5.45. The zero-order chi connectivity index (χ0) is 18.4. The topological polar surface area (TPSA) is 122 Å². The molecule has 10 heteroatoms. The van der Waals surface area contributed by atoms with Crippen LogP contribution in [0.15, 0.2) is 23.1 Å². The normalized spacial score (nSPS) is 15.2. The Hall–Kier alpha value is -2.04. The Morgan fingerprint density at radius 1 is 1.28 bits per heavy atom. The number of nitrogens with one attached hydrogen (secondary N) is 2. The number of nitrogens with zero attached hydrogens (tertiary/aromatic N) is 2. The first-order valence-electron chi connectivity index (χ1n) is 8.03. The molecule has 1 heterocycles. The van der Waals surface area contributed by atoms with Crippen LogP contribution in [0.25, 0.3) is 0 Å². The molecular formula is C15H22N4O5S. The van der Waals surface area contributed by atoms with E-state index in [-0.39, 0.29) is 29.6 Å². The molecule has 1 aromatic rings. The quantitative estimate of drug-likeness (QED) is 0.388. The minimum absolute atomic E-state index is 0.00967. The van der Waals surface area contributed by atoms with E-state index in [1.54, 1.807) is 0 Å². The van der Waals surface area contributed by atoms with Crippen LogP contribution in [0.1, 0.15) is 18.4 Å². The van der Waals surface area contributed by atoms with E-state index in [0.29, 0.717) is 12.1 Å². The number of carbonyl (C=O) groups excluding carboxylic acids is 1. The Morgan fingerprint density at radius 2 is 1.96 bits per heavy atom. The number of nitro benzene ring substituents is 1. The highest BCUT2D eigenvalue weighted by Gasteiger charge is 2.19. The Labute approximate surface area is 146 Å². The molecule has 1 fully saturated rings. The van der Waals surface area contributed by atoms with Crippen LogP contribution in [-0.2, 0) is 14.8 Å². The number of sulfonamides is 1. The number of hydrogen-bond donors (Lipinski definition) is 2. The zero-order valence-electron chi connectivity index (χ0n) is 14.0. The largest absolute Gasteiger partial charge is 0.354 e. The van der Waals surface area contributed by atoms with Crippen molar-refractivity contribution in [3.8, 4) is 0 Å². The number of benzene rings is 1. The van der Waals surface area contributed by atoms with Crippen molar-refractivity contribution in [3.05, 3.63) is 33.9 Å². The fourth-order valence-electron chi connectivity index (χ4n) is 2.62. The van der Waals surface area contributed by atoms with Gasteiger partial charge in [0.25, 0.3) is 5.69 Å². The van der Waals surface area contributed by atoms with Gasteiger partial charge < -0.3 is 5.32 Å². The summed E-state index contributed by atoms with van der Waals surface area (Å²) < 4.78 is 26.7. The summed E-state index contributed by atoms with van der Waals surface area (Å²) in [6.45, 7) is 3.84. The number of nitro groups is 1. The third-order valence-electron chi connectivity index (χ3n) is 3.99. The van der Waals surface area contributed by atoms with Crippen LogP contribution < -0.4 is 10.0 Å². The molecule has 0 bridgehead atoms. The van der Waals surface area contributed by atoms with Gasteiger partial charge in [-0.15, -0.1) is 0 Å². The van der Waals surface area contributed by atoms with Crippen LogP contribution >= 0.6 is 0 Å². The van der Waals surface area contributed by atoms with Crippen molar-refractivity contribution in [2.24, 2.45) is 0 Å². The van der Waals surface area contributed by atoms with Crippen LogP contribution in [0.4, 0.5) is 5.69 Å². The summed E-state index contributed by atoms with van der Waals surface area (Å²) in [4.78, 5) is 23.9. The summed E-state index contributed by atoms with van der Waals surface area (Å²) in [7, 11) is -3.87. The van der Waals surface area contributed by atoms with Crippen molar-refractivity contribution in [1.29, 1.82) is 0 Å². The van der Waals surface area contributed by atoms with Gasteiger partial charge in [-0.3, -0.25) is 19.8 Å².